The number of nitrogens with zero attached hydrogens (tertiary/aromatic N) is 2. The Balaban J connectivity index is 1.82. The van der Waals surface area contributed by atoms with E-state index in [-0.39, 0.29) is 25.5 Å². The largest absolute Gasteiger partial charge is 0.481 e. The Labute approximate surface area is 155 Å². The summed E-state index contributed by atoms with van der Waals surface area (Å²) in [5, 5.41) is 9.21. The summed E-state index contributed by atoms with van der Waals surface area (Å²) in [4.78, 5) is 39.6. The van der Waals surface area contributed by atoms with Crippen LogP contribution in [0.5, 0.6) is 0 Å². The number of hydrogen-bond donors (Lipinski definition) is 1. The summed E-state index contributed by atoms with van der Waals surface area (Å²) in [6.45, 7) is 0.433. The second-order valence-corrected chi connectivity index (χ2v) is 6.33. The fraction of sp³-hybridized carbons (Fsp3) is 0.250. The third-order valence-electron chi connectivity index (χ3n) is 4.55. The van der Waals surface area contributed by atoms with Gasteiger partial charge in [0.1, 0.15) is 11.9 Å². The standard InChI is InChI=1S/C20H19FN2O4/c21-16-9-5-4-8-15(16)13-22-10-11-23(17(20(22)27)12-18(24)25)19(26)14-6-2-1-3-7-14/h1-9,17H,10-13H2,(H,24,25). The highest BCUT2D eigenvalue weighted by atomic mass is 19.1. The molecule has 1 fully saturated rings. The van der Waals surface area contributed by atoms with Gasteiger partial charge in [0.25, 0.3) is 5.91 Å². The van der Waals surface area contributed by atoms with Crippen LogP contribution in [0.15, 0.2) is 54.6 Å². The molecule has 1 saturated heterocycles. The number of carboxylic acids is 1. The van der Waals surface area contributed by atoms with Crippen LogP contribution in [0.3, 0.4) is 0 Å². The Bertz CT molecular complexity index is 856. The van der Waals surface area contributed by atoms with Crippen molar-refractivity contribution in [2.75, 3.05) is 13.1 Å². The Morgan fingerprint density at radius 2 is 1.70 bits per heavy atom. The third-order valence-corrected chi connectivity index (χ3v) is 4.55. The van der Waals surface area contributed by atoms with Gasteiger partial charge in [0, 0.05) is 30.8 Å². The number of benzene rings is 2. The van der Waals surface area contributed by atoms with Crippen LogP contribution in [0, 0.1) is 5.82 Å². The summed E-state index contributed by atoms with van der Waals surface area (Å²) in [6.07, 6.45) is -0.495. The van der Waals surface area contributed by atoms with Crippen LogP contribution in [0.1, 0.15) is 22.3 Å². The Kier molecular flexibility index (Phi) is 5.49. The van der Waals surface area contributed by atoms with E-state index >= 15 is 0 Å². The average Bonchev–Trinajstić information content (AvgIpc) is 2.66. The summed E-state index contributed by atoms with van der Waals surface area (Å²) in [5.41, 5.74) is 0.742. The summed E-state index contributed by atoms with van der Waals surface area (Å²) < 4.78 is 13.9. The Hall–Kier alpha value is -3.22. The summed E-state index contributed by atoms with van der Waals surface area (Å²) in [5.74, 6) is -2.48. The van der Waals surface area contributed by atoms with E-state index in [1.165, 1.54) is 15.9 Å². The van der Waals surface area contributed by atoms with E-state index in [4.69, 9.17) is 0 Å². The molecule has 2 aromatic rings. The number of carbonyl (C=O) groups excluding carboxylic acids is 2. The van der Waals surface area contributed by atoms with Gasteiger partial charge in [-0.1, -0.05) is 36.4 Å². The lowest BCUT2D eigenvalue weighted by atomic mass is 10.0. The molecule has 2 aromatic carbocycles. The zero-order chi connectivity index (χ0) is 19.4. The minimum absolute atomic E-state index is 0.0367. The molecule has 1 aliphatic heterocycles. The highest BCUT2D eigenvalue weighted by Crippen LogP contribution is 2.21. The van der Waals surface area contributed by atoms with Crippen LogP contribution >= 0.6 is 0 Å². The zero-order valence-electron chi connectivity index (χ0n) is 14.5. The number of halogens is 1. The van der Waals surface area contributed by atoms with Gasteiger partial charge in [0.05, 0.1) is 6.42 Å². The Morgan fingerprint density at radius 1 is 1.04 bits per heavy atom. The molecule has 0 aliphatic carbocycles. The number of rotatable bonds is 5. The molecule has 2 amide bonds. The lowest BCUT2D eigenvalue weighted by Crippen LogP contribution is -2.59. The molecule has 1 N–H and O–H groups in total. The molecule has 0 radical (unpaired) electrons. The highest BCUT2D eigenvalue weighted by molar-refractivity contribution is 5.99. The SMILES string of the molecule is O=C(O)CC1C(=O)N(Cc2ccccc2F)CCN1C(=O)c1ccccc1. The highest BCUT2D eigenvalue weighted by Gasteiger charge is 2.39. The van der Waals surface area contributed by atoms with E-state index in [0.717, 1.165) is 0 Å². The van der Waals surface area contributed by atoms with E-state index in [1.807, 2.05) is 0 Å². The number of carboxylic acid groups (broad SMARTS) is 1. The topological polar surface area (TPSA) is 77.9 Å². The molecule has 0 aromatic heterocycles. The van der Waals surface area contributed by atoms with Gasteiger partial charge in [0.15, 0.2) is 0 Å². The number of aliphatic carboxylic acids is 1. The number of amides is 2. The van der Waals surface area contributed by atoms with Crippen molar-refractivity contribution in [2.24, 2.45) is 0 Å². The van der Waals surface area contributed by atoms with Crippen LogP contribution in [-0.2, 0) is 16.1 Å². The molecule has 0 spiro atoms. The predicted octanol–water partition coefficient (Wildman–Crippen LogP) is 2.15. The van der Waals surface area contributed by atoms with Crippen molar-refractivity contribution in [3.8, 4) is 0 Å². The first-order valence-electron chi connectivity index (χ1n) is 8.57. The quantitative estimate of drug-likeness (QED) is 0.875. The van der Waals surface area contributed by atoms with Crippen molar-refractivity contribution < 1.29 is 23.9 Å². The average molecular weight is 370 g/mol. The first-order chi connectivity index (χ1) is 13.0. The molecule has 0 bridgehead atoms. The van der Waals surface area contributed by atoms with Crippen molar-refractivity contribution >= 4 is 17.8 Å². The van der Waals surface area contributed by atoms with Gasteiger partial charge in [-0.2, -0.15) is 0 Å². The monoisotopic (exact) mass is 370 g/mol. The van der Waals surface area contributed by atoms with Crippen LogP contribution in [0.4, 0.5) is 4.39 Å². The van der Waals surface area contributed by atoms with Crippen molar-refractivity contribution in [1.29, 1.82) is 0 Å². The van der Waals surface area contributed by atoms with E-state index < -0.39 is 30.2 Å². The molecule has 3 rings (SSSR count). The summed E-state index contributed by atoms with van der Waals surface area (Å²) in [7, 11) is 0. The lowest BCUT2D eigenvalue weighted by molar-refractivity contribution is -0.148. The number of carbonyl (C=O) groups is 3. The molecule has 1 unspecified atom stereocenters. The van der Waals surface area contributed by atoms with Crippen LogP contribution in [0.2, 0.25) is 0 Å². The predicted molar refractivity (Wildman–Crippen MR) is 95.3 cm³/mol. The van der Waals surface area contributed by atoms with E-state index in [0.29, 0.717) is 11.1 Å². The van der Waals surface area contributed by atoms with Crippen molar-refractivity contribution in [3.63, 3.8) is 0 Å². The lowest BCUT2D eigenvalue weighted by Gasteiger charge is -2.40. The van der Waals surface area contributed by atoms with Crippen LogP contribution in [0.25, 0.3) is 0 Å². The van der Waals surface area contributed by atoms with E-state index in [2.05, 4.69) is 0 Å². The summed E-state index contributed by atoms with van der Waals surface area (Å²) in [6, 6.07) is 13.4. The minimum Gasteiger partial charge on any atom is -0.481 e. The maximum atomic E-state index is 13.9. The van der Waals surface area contributed by atoms with Crippen molar-refractivity contribution in [1.82, 2.24) is 9.80 Å². The van der Waals surface area contributed by atoms with E-state index in [9.17, 15) is 23.9 Å². The maximum absolute atomic E-state index is 13.9. The fourth-order valence-electron chi connectivity index (χ4n) is 3.18. The summed E-state index contributed by atoms with van der Waals surface area (Å²) >= 11 is 0. The number of piperazine rings is 1. The molecule has 7 heteroatoms. The van der Waals surface area contributed by atoms with Crippen LogP contribution in [-0.4, -0.2) is 51.8 Å². The molecular weight excluding hydrogens is 351 g/mol. The first-order valence-corrected chi connectivity index (χ1v) is 8.57. The van der Waals surface area contributed by atoms with Gasteiger partial charge in [-0.25, -0.2) is 4.39 Å². The van der Waals surface area contributed by atoms with Crippen molar-refractivity contribution in [2.45, 2.75) is 19.0 Å². The van der Waals surface area contributed by atoms with Crippen LogP contribution < -0.4 is 0 Å². The Morgan fingerprint density at radius 3 is 2.37 bits per heavy atom. The van der Waals surface area contributed by atoms with Gasteiger partial charge >= 0.3 is 5.97 Å². The molecule has 140 valence electrons. The van der Waals surface area contributed by atoms with Crippen molar-refractivity contribution in [3.05, 3.63) is 71.5 Å². The minimum atomic E-state index is -1.17. The molecule has 1 heterocycles. The van der Waals surface area contributed by atoms with Gasteiger partial charge in [-0.05, 0) is 18.2 Å². The zero-order valence-corrected chi connectivity index (χ0v) is 14.5. The molecule has 1 atom stereocenters. The molecular formula is C20H19FN2O4. The molecule has 1 aliphatic rings. The first kappa shape index (κ1) is 18.6. The maximum Gasteiger partial charge on any atom is 0.305 e. The number of hydrogen-bond acceptors (Lipinski definition) is 3. The molecule has 0 saturated carbocycles. The molecule has 27 heavy (non-hydrogen) atoms. The van der Waals surface area contributed by atoms with Gasteiger partial charge < -0.3 is 14.9 Å². The normalized spacial score (nSPS) is 17.1. The molecule has 6 nitrogen and oxygen atoms in total. The van der Waals surface area contributed by atoms with Gasteiger partial charge in [-0.3, -0.25) is 14.4 Å². The smallest absolute Gasteiger partial charge is 0.305 e. The van der Waals surface area contributed by atoms with Gasteiger partial charge in [-0.15, -0.1) is 0 Å². The van der Waals surface area contributed by atoms with Gasteiger partial charge in [0.2, 0.25) is 5.91 Å². The van der Waals surface area contributed by atoms with E-state index in [1.54, 1.807) is 48.5 Å². The second kappa shape index (κ2) is 7.99. The third kappa shape index (κ3) is 4.13. The fourth-order valence-corrected chi connectivity index (χ4v) is 3.18. The second-order valence-electron chi connectivity index (χ2n) is 6.33.